The van der Waals surface area contributed by atoms with Crippen LogP contribution in [-0.2, 0) is 0 Å². The number of pyridine rings is 1. The molecule has 0 aliphatic heterocycles. The summed E-state index contributed by atoms with van der Waals surface area (Å²) in [7, 11) is 0. The molecule has 0 aliphatic rings. The van der Waals surface area contributed by atoms with Gasteiger partial charge in [0.1, 0.15) is 9.88 Å². The molecule has 128 valence electrons. The lowest BCUT2D eigenvalue weighted by Gasteiger charge is -2.18. The normalized spacial score (nSPS) is 11.3. The molecular formula is C15H22Cl2N4OS. The molecule has 0 aromatic carbocycles. The zero-order chi connectivity index (χ0) is 15.2. The molecule has 8 heteroatoms. The maximum Gasteiger partial charge on any atom is 0.263 e. The summed E-state index contributed by atoms with van der Waals surface area (Å²) in [5.74, 6) is 0.386. The second-order valence-electron chi connectivity index (χ2n) is 5.30. The van der Waals surface area contributed by atoms with Crippen molar-refractivity contribution >= 4 is 42.1 Å². The molecule has 2 heterocycles. The highest BCUT2D eigenvalue weighted by atomic mass is 35.5. The van der Waals surface area contributed by atoms with Gasteiger partial charge in [0, 0.05) is 30.5 Å². The Morgan fingerprint density at radius 3 is 2.52 bits per heavy atom. The smallest absolute Gasteiger partial charge is 0.263 e. The molecule has 23 heavy (non-hydrogen) atoms. The molecule has 0 radical (unpaired) electrons. The zero-order valence-corrected chi connectivity index (χ0v) is 15.5. The third-order valence-corrected chi connectivity index (χ3v) is 4.08. The van der Waals surface area contributed by atoms with Gasteiger partial charge in [-0.3, -0.25) is 9.78 Å². The predicted molar refractivity (Wildman–Crippen MR) is 99.6 cm³/mol. The third kappa shape index (κ3) is 6.43. The molecule has 3 N–H and O–H groups in total. The Balaban J connectivity index is 0.00000242. The molecule has 5 nitrogen and oxygen atoms in total. The number of thiazole rings is 1. The quantitative estimate of drug-likeness (QED) is 0.810. The van der Waals surface area contributed by atoms with Crippen LogP contribution < -0.4 is 11.1 Å². The van der Waals surface area contributed by atoms with Crippen molar-refractivity contribution in [1.29, 1.82) is 0 Å². The Morgan fingerprint density at radius 2 is 1.96 bits per heavy atom. The molecular weight excluding hydrogens is 355 g/mol. The highest BCUT2D eigenvalue weighted by Gasteiger charge is 2.16. The number of aromatic nitrogens is 2. The van der Waals surface area contributed by atoms with E-state index in [1.165, 1.54) is 11.3 Å². The van der Waals surface area contributed by atoms with Crippen LogP contribution in [0.1, 0.15) is 29.9 Å². The number of nitrogens with one attached hydrogen (secondary N) is 1. The maximum absolute atomic E-state index is 12.2. The summed E-state index contributed by atoms with van der Waals surface area (Å²) in [6, 6.07) is 3.76. The Labute approximate surface area is 152 Å². The number of amides is 1. The van der Waals surface area contributed by atoms with E-state index in [1.54, 1.807) is 18.6 Å². The van der Waals surface area contributed by atoms with Crippen molar-refractivity contribution in [2.45, 2.75) is 26.3 Å². The molecule has 0 bridgehead atoms. The number of halogens is 2. The first-order chi connectivity index (χ1) is 10.1. The molecule has 2 rings (SSSR count). The van der Waals surface area contributed by atoms with Crippen molar-refractivity contribution in [2.75, 3.05) is 6.54 Å². The van der Waals surface area contributed by atoms with Gasteiger partial charge in [-0.25, -0.2) is 4.98 Å². The van der Waals surface area contributed by atoms with Crippen LogP contribution in [0.5, 0.6) is 0 Å². The van der Waals surface area contributed by atoms with Gasteiger partial charge in [0.05, 0.1) is 6.20 Å². The molecule has 0 saturated heterocycles. The number of rotatable bonds is 6. The van der Waals surface area contributed by atoms with Crippen molar-refractivity contribution < 1.29 is 4.79 Å². The summed E-state index contributed by atoms with van der Waals surface area (Å²) in [4.78, 5) is 21.1. The van der Waals surface area contributed by atoms with Gasteiger partial charge >= 0.3 is 0 Å². The number of carbonyl (C=O) groups excluding carboxylic acids is 1. The minimum Gasteiger partial charge on any atom is -0.347 e. The number of hydrogen-bond donors (Lipinski definition) is 2. The van der Waals surface area contributed by atoms with E-state index in [9.17, 15) is 4.79 Å². The van der Waals surface area contributed by atoms with E-state index in [4.69, 9.17) is 5.73 Å². The Bertz CT molecular complexity index is 592. The van der Waals surface area contributed by atoms with Gasteiger partial charge in [0.2, 0.25) is 0 Å². The Hall–Kier alpha value is -1.21. The SMILES string of the molecule is CC(C)CC(CN)NC(=O)c1cnc(-c2ccncc2)s1.Cl.Cl. The largest absolute Gasteiger partial charge is 0.347 e. The van der Waals surface area contributed by atoms with E-state index in [-0.39, 0.29) is 36.8 Å². The number of hydrogen-bond acceptors (Lipinski definition) is 5. The molecule has 1 amide bonds. The van der Waals surface area contributed by atoms with Crippen LogP contribution in [-0.4, -0.2) is 28.5 Å². The van der Waals surface area contributed by atoms with E-state index in [2.05, 4.69) is 29.1 Å². The first-order valence-electron chi connectivity index (χ1n) is 6.97. The van der Waals surface area contributed by atoms with Gasteiger partial charge in [0.15, 0.2) is 0 Å². The average molecular weight is 377 g/mol. The molecule has 0 aliphatic carbocycles. The van der Waals surface area contributed by atoms with Crippen LogP contribution >= 0.6 is 36.2 Å². The van der Waals surface area contributed by atoms with Crippen molar-refractivity contribution in [3.63, 3.8) is 0 Å². The van der Waals surface area contributed by atoms with Crippen LogP contribution in [0.15, 0.2) is 30.7 Å². The van der Waals surface area contributed by atoms with Crippen molar-refractivity contribution in [1.82, 2.24) is 15.3 Å². The summed E-state index contributed by atoms with van der Waals surface area (Å²) >= 11 is 1.37. The number of carbonyl (C=O) groups is 1. The van der Waals surface area contributed by atoms with E-state index in [0.717, 1.165) is 17.0 Å². The van der Waals surface area contributed by atoms with Crippen LogP contribution in [0, 0.1) is 5.92 Å². The number of nitrogens with zero attached hydrogens (tertiary/aromatic N) is 2. The maximum atomic E-state index is 12.2. The summed E-state index contributed by atoms with van der Waals surface area (Å²) < 4.78 is 0. The molecule has 0 spiro atoms. The monoisotopic (exact) mass is 376 g/mol. The second kappa shape index (κ2) is 10.5. The predicted octanol–water partition coefficient (Wildman–Crippen LogP) is 3.15. The third-order valence-electron chi connectivity index (χ3n) is 3.03. The molecule has 0 fully saturated rings. The van der Waals surface area contributed by atoms with Crippen LogP contribution in [0.4, 0.5) is 0 Å². The van der Waals surface area contributed by atoms with Crippen molar-refractivity contribution in [3.8, 4) is 10.6 Å². The van der Waals surface area contributed by atoms with Crippen LogP contribution in [0.2, 0.25) is 0 Å². The minimum atomic E-state index is -0.107. The molecule has 2 aromatic heterocycles. The van der Waals surface area contributed by atoms with Gasteiger partial charge in [-0.2, -0.15) is 0 Å². The van der Waals surface area contributed by atoms with E-state index < -0.39 is 0 Å². The summed E-state index contributed by atoms with van der Waals surface area (Å²) in [5, 5.41) is 3.79. The van der Waals surface area contributed by atoms with Gasteiger partial charge in [0.25, 0.3) is 5.91 Å². The van der Waals surface area contributed by atoms with Crippen molar-refractivity contribution in [3.05, 3.63) is 35.6 Å². The minimum absolute atomic E-state index is 0. The fraction of sp³-hybridized carbons (Fsp3) is 0.400. The molecule has 1 atom stereocenters. The van der Waals surface area contributed by atoms with Gasteiger partial charge in [-0.1, -0.05) is 13.8 Å². The van der Waals surface area contributed by atoms with Crippen LogP contribution in [0.25, 0.3) is 10.6 Å². The Morgan fingerprint density at radius 1 is 1.30 bits per heavy atom. The highest BCUT2D eigenvalue weighted by molar-refractivity contribution is 7.16. The standard InChI is InChI=1S/C15H20N4OS.2ClH/c1-10(2)7-12(8-16)19-14(20)13-9-18-15(21-13)11-3-5-17-6-4-11;;/h3-6,9-10,12H,7-8,16H2,1-2H3,(H,19,20);2*1H. The van der Waals surface area contributed by atoms with Gasteiger partial charge in [-0.15, -0.1) is 36.2 Å². The van der Waals surface area contributed by atoms with Gasteiger partial charge in [-0.05, 0) is 24.5 Å². The van der Waals surface area contributed by atoms with E-state index in [0.29, 0.717) is 17.3 Å². The summed E-state index contributed by atoms with van der Waals surface area (Å²) in [6.45, 7) is 4.67. The summed E-state index contributed by atoms with van der Waals surface area (Å²) in [5.41, 5.74) is 6.67. The zero-order valence-electron chi connectivity index (χ0n) is 13.1. The first kappa shape index (κ1) is 21.8. The fourth-order valence-corrected chi connectivity index (χ4v) is 2.87. The lowest BCUT2D eigenvalue weighted by molar-refractivity contribution is 0.0937. The lowest BCUT2D eigenvalue weighted by Crippen LogP contribution is -2.40. The van der Waals surface area contributed by atoms with Crippen molar-refractivity contribution in [2.24, 2.45) is 11.7 Å². The molecule has 2 aromatic rings. The van der Waals surface area contributed by atoms with E-state index >= 15 is 0 Å². The Kier molecular flexibility index (Phi) is 9.99. The van der Waals surface area contributed by atoms with Crippen LogP contribution in [0.3, 0.4) is 0 Å². The first-order valence-corrected chi connectivity index (χ1v) is 7.79. The van der Waals surface area contributed by atoms with Gasteiger partial charge < -0.3 is 11.1 Å². The van der Waals surface area contributed by atoms with E-state index in [1.807, 2.05) is 12.1 Å². The second-order valence-corrected chi connectivity index (χ2v) is 6.33. The fourth-order valence-electron chi connectivity index (χ4n) is 2.05. The molecule has 0 saturated carbocycles. The lowest BCUT2D eigenvalue weighted by atomic mass is 10.0. The molecule has 1 unspecified atom stereocenters. The average Bonchev–Trinajstić information content (AvgIpc) is 2.97. The number of nitrogens with two attached hydrogens (primary N) is 1. The topological polar surface area (TPSA) is 80.9 Å². The summed E-state index contributed by atoms with van der Waals surface area (Å²) in [6.07, 6.45) is 5.91. The highest BCUT2D eigenvalue weighted by Crippen LogP contribution is 2.24.